The summed E-state index contributed by atoms with van der Waals surface area (Å²) < 4.78 is 4.89. The van der Waals surface area contributed by atoms with E-state index in [0.717, 1.165) is 0 Å². The molecule has 0 saturated carbocycles. The number of nitro groups is 3. The van der Waals surface area contributed by atoms with Crippen LogP contribution in [0.25, 0.3) is 0 Å². The van der Waals surface area contributed by atoms with Crippen LogP contribution in [0.4, 0.5) is 0 Å². The molecule has 1 aliphatic heterocycles. The summed E-state index contributed by atoms with van der Waals surface area (Å²) in [6.45, 7) is 9.98. The van der Waals surface area contributed by atoms with Crippen LogP contribution in [0.2, 0.25) is 0 Å². The van der Waals surface area contributed by atoms with E-state index in [1.807, 2.05) is 0 Å². The van der Waals surface area contributed by atoms with E-state index in [4.69, 9.17) is 20.7 Å². The fourth-order valence-electron chi connectivity index (χ4n) is 3.24. The van der Waals surface area contributed by atoms with Crippen molar-refractivity contribution in [3.63, 3.8) is 0 Å². The number of hydrogen-bond acceptors (Lipinski definition) is 13. The zero-order valence-corrected chi connectivity index (χ0v) is 23.3. The van der Waals surface area contributed by atoms with E-state index in [1.54, 1.807) is 18.7 Å². The van der Waals surface area contributed by atoms with Crippen LogP contribution in [0.15, 0.2) is 0 Å². The lowest BCUT2D eigenvalue weighted by Crippen LogP contribution is -2.45. The molecule has 1 rings (SSSR count). The van der Waals surface area contributed by atoms with Crippen molar-refractivity contribution in [1.29, 1.82) is 0 Å². The van der Waals surface area contributed by atoms with Gasteiger partial charge in [0.1, 0.15) is 0 Å². The molecule has 38 heavy (non-hydrogen) atoms. The molecule has 16 nitrogen and oxygen atoms in total. The summed E-state index contributed by atoms with van der Waals surface area (Å²) >= 11 is 0. The molecule has 0 bridgehead atoms. The van der Waals surface area contributed by atoms with Gasteiger partial charge in [-0.05, 0) is 0 Å². The first-order valence-corrected chi connectivity index (χ1v) is 12.3. The van der Waals surface area contributed by atoms with E-state index in [0.29, 0.717) is 19.6 Å². The lowest BCUT2D eigenvalue weighted by Gasteiger charge is -2.29. The van der Waals surface area contributed by atoms with Crippen LogP contribution >= 0.6 is 0 Å². The maximum Gasteiger partial charge on any atom is 0.219 e. The Hall–Kier alpha value is -2.08. The molecule has 3 atom stereocenters. The number of nitrogens with two attached hydrogens (primary N) is 1. The van der Waals surface area contributed by atoms with E-state index in [1.165, 1.54) is 27.7 Å². The number of hydrogen-bond donors (Lipinski definition) is 5. The quantitative estimate of drug-likeness (QED) is 0.0926. The van der Waals surface area contributed by atoms with Gasteiger partial charge in [0.15, 0.2) is 0 Å². The van der Waals surface area contributed by atoms with Gasteiger partial charge in [-0.25, -0.2) is 0 Å². The van der Waals surface area contributed by atoms with Gasteiger partial charge in [0.2, 0.25) is 16.6 Å². The molecule has 1 aliphatic rings. The average molecular weight is 558 g/mol. The second kappa shape index (κ2) is 17.5. The summed E-state index contributed by atoms with van der Waals surface area (Å²) in [7, 11) is 0. The van der Waals surface area contributed by atoms with Crippen LogP contribution in [-0.2, 0) is 4.74 Å². The molecule has 0 aromatic carbocycles. The Labute approximate surface area is 223 Å². The number of epoxide rings is 1. The Kier molecular flexibility index (Phi) is 17.5. The SMILES string of the molecule is CC(C)(CC(O)CN(CCO)CC(O)CC(C)(C)[N+](=O)[O-])[N+](=O)[O-].CC(C)(CC1CO1)[N+](=O)[O-].NCCO. The van der Waals surface area contributed by atoms with Gasteiger partial charge in [0.25, 0.3) is 0 Å². The fourth-order valence-corrected chi connectivity index (χ4v) is 3.24. The minimum atomic E-state index is -1.30. The molecule has 0 aliphatic carbocycles. The summed E-state index contributed by atoms with van der Waals surface area (Å²) in [4.78, 5) is 32.5. The Morgan fingerprint density at radius 3 is 1.42 bits per heavy atom. The van der Waals surface area contributed by atoms with E-state index < -0.39 is 38.7 Å². The van der Waals surface area contributed by atoms with Crippen LogP contribution in [-0.4, -0.2) is 121 Å². The van der Waals surface area contributed by atoms with E-state index in [9.17, 15) is 40.6 Å². The number of ether oxygens (including phenoxy) is 1. The van der Waals surface area contributed by atoms with Crippen molar-refractivity contribution in [2.24, 2.45) is 5.73 Å². The second-order valence-electron chi connectivity index (χ2n) is 11.1. The van der Waals surface area contributed by atoms with E-state index >= 15 is 0 Å². The summed E-state index contributed by atoms with van der Waals surface area (Å²) in [5, 5.41) is 69.1. The van der Waals surface area contributed by atoms with Crippen LogP contribution in [0.5, 0.6) is 0 Å². The zero-order valence-electron chi connectivity index (χ0n) is 23.3. The summed E-state index contributed by atoms with van der Waals surface area (Å²) in [5.74, 6) is 0. The minimum Gasteiger partial charge on any atom is -0.395 e. The molecule has 3 unspecified atom stereocenters. The van der Waals surface area contributed by atoms with Crippen molar-refractivity contribution < 1.29 is 39.9 Å². The molecule has 0 spiro atoms. The molecule has 1 saturated heterocycles. The van der Waals surface area contributed by atoms with Crippen LogP contribution < -0.4 is 5.73 Å². The molecule has 0 radical (unpaired) electrons. The molecule has 0 amide bonds. The molecule has 6 N–H and O–H groups in total. The predicted octanol–water partition coefficient (Wildman–Crippen LogP) is -0.339. The normalized spacial score (nSPS) is 16.9. The van der Waals surface area contributed by atoms with Gasteiger partial charge in [-0.1, -0.05) is 0 Å². The molecule has 0 aromatic rings. The van der Waals surface area contributed by atoms with Gasteiger partial charge in [-0.3, -0.25) is 35.2 Å². The van der Waals surface area contributed by atoms with Crippen molar-refractivity contribution in [2.45, 2.75) is 95.7 Å². The van der Waals surface area contributed by atoms with Crippen molar-refractivity contribution in [3.8, 4) is 0 Å². The van der Waals surface area contributed by atoms with Gasteiger partial charge in [-0.15, -0.1) is 0 Å². The lowest BCUT2D eigenvalue weighted by molar-refractivity contribution is -0.563. The first-order valence-electron chi connectivity index (χ1n) is 12.3. The fraction of sp³-hybridized carbons (Fsp3) is 1.00. The van der Waals surface area contributed by atoms with Crippen LogP contribution in [0, 0.1) is 30.3 Å². The smallest absolute Gasteiger partial charge is 0.219 e. The summed E-state index contributed by atoms with van der Waals surface area (Å²) in [5.41, 5.74) is 1.37. The van der Waals surface area contributed by atoms with E-state index in [2.05, 4.69) is 0 Å². The van der Waals surface area contributed by atoms with Gasteiger partial charge in [-0.2, -0.15) is 0 Å². The molecule has 0 aromatic heterocycles. The highest BCUT2D eigenvalue weighted by atomic mass is 16.6. The molecular weight excluding hydrogens is 510 g/mol. The molecule has 226 valence electrons. The van der Waals surface area contributed by atoms with Crippen molar-refractivity contribution in [1.82, 2.24) is 4.90 Å². The maximum atomic E-state index is 10.9. The Bertz CT molecular complexity index is 680. The molecule has 16 heteroatoms. The third-order valence-electron chi connectivity index (χ3n) is 5.57. The van der Waals surface area contributed by atoms with Crippen LogP contribution in [0.3, 0.4) is 0 Å². The van der Waals surface area contributed by atoms with Gasteiger partial charge in [0.05, 0.1) is 38.1 Å². The first kappa shape index (κ1) is 38.1. The number of aliphatic hydroxyl groups is 4. The summed E-state index contributed by atoms with van der Waals surface area (Å²) in [6, 6.07) is 0. The molecule has 1 heterocycles. The Balaban J connectivity index is 0. The highest BCUT2D eigenvalue weighted by Crippen LogP contribution is 2.24. The minimum absolute atomic E-state index is 0.0216. The largest absolute Gasteiger partial charge is 0.395 e. The van der Waals surface area contributed by atoms with E-state index in [-0.39, 0.29) is 56.7 Å². The second-order valence-corrected chi connectivity index (χ2v) is 11.1. The zero-order chi connectivity index (χ0) is 30.3. The van der Waals surface area contributed by atoms with Gasteiger partial charge >= 0.3 is 0 Å². The topological polar surface area (TPSA) is 252 Å². The Morgan fingerprint density at radius 1 is 0.842 bits per heavy atom. The third-order valence-corrected chi connectivity index (χ3v) is 5.57. The molecular formula is C22H47N5O11. The van der Waals surface area contributed by atoms with Crippen molar-refractivity contribution in [3.05, 3.63) is 30.3 Å². The number of nitrogens with zero attached hydrogens (tertiary/aromatic N) is 4. The van der Waals surface area contributed by atoms with Crippen molar-refractivity contribution in [2.75, 3.05) is 46.0 Å². The lowest BCUT2D eigenvalue weighted by atomic mass is 9.96. The first-order chi connectivity index (χ1) is 17.2. The highest BCUT2D eigenvalue weighted by molar-refractivity contribution is 4.80. The average Bonchev–Trinajstić information content (AvgIpc) is 3.56. The summed E-state index contributed by atoms with van der Waals surface area (Å²) in [6.07, 6.45) is -1.54. The van der Waals surface area contributed by atoms with Gasteiger partial charge in [0, 0.05) is 102 Å². The Morgan fingerprint density at radius 2 is 1.18 bits per heavy atom. The third kappa shape index (κ3) is 17.4. The number of rotatable bonds is 16. The predicted molar refractivity (Wildman–Crippen MR) is 138 cm³/mol. The highest BCUT2D eigenvalue weighted by Gasteiger charge is 2.39. The van der Waals surface area contributed by atoms with Crippen LogP contribution in [0.1, 0.15) is 60.8 Å². The number of aliphatic hydroxyl groups excluding tert-OH is 4. The molecule has 1 fully saturated rings. The van der Waals surface area contributed by atoms with Gasteiger partial charge < -0.3 is 30.9 Å². The van der Waals surface area contributed by atoms with Crippen molar-refractivity contribution >= 4 is 0 Å². The standard InChI is InChI=1S/C14H29N3O7.C6H11NO3.C2H7NO/c1-13(2,16(21)22)7-11(19)9-15(5-6-18)10-12(20)8-14(3,4)17(23)24;1-6(2,7(8)9)3-5-4-10-5;3-1-2-4/h11-12,18-20H,5-10H2,1-4H3;5H,3-4H2,1-2H3;4H,1-3H2. The maximum absolute atomic E-state index is 10.9. The monoisotopic (exact) mass is 557 g/mol.